The molecule has 10 heavy (non-hydrogen) atoms. The Balaban J connectivity index is 0.000000371. The Morgan fingerprint density at radius 3 is 2.30 bits per heavy atom. The minimum Gasteiger partial charge on any atom is -0.276 e. The normalized spacial score (nSPS) is 8.40. The Morgan fingerprint density at radius 2 is 2.10 bits per heavy atom. The van der Waals surface area contributed by atoms with Gasteiger partial charge in [0.25, 0.3) is 0 Å². The monoisotopic (exact) mass is 140 g/mol. The molecule has 2 nitrogen and oxygen atoms in total. The summed E-state index contributed by atoms with van der Waals surface area (Å²) in [5.74, 6) is 0. The van der Waals surface area contributed by atoms with Crippen molar-refractivity contribution in [1.29, 1.82) is 0 Å². The number of aromatic nitrogens is 2. The van der Waals surface area contributed by atoms with E-state index in [-0.39, 0.29) is 0 Å². The highest BCUT2D eigenvalue weighted by Gasteiger charge is 1.87. The van der Waals surface area contributed by atoms with Crippen LogP contribution >= 0.6 is 0 Å². The van der Waals surface area contributed by atoms with Crippen LogP contribution in [0.15, 0.2) is 12.4 Å². The molecule has 0 N–H and O–H groups in total. The van der Waals surface area contributed by atoms with Gasteiger partial charge in [-0.3, -0.25) is 4.68 Å². The van der Waals surface area contributed by atoms with Gasteiger partial charge in [0.05, 0.1) is 6.20 Å². The lowest BCUT2D eigenvalue weighted by Crippen LogP contribution is -1.84. The van der Waals surface area contributed by atoms with E-state index in [1.165, 1.54) is 5.56 Å². The molecule has 0 aliphatic carbocycles. The van der Waals surface area contributed by atoms with Crippen LogP contribution in [0.2, 0.25) is 0 Å². The van der Waals surface area contributed by atoms with Gasteiger partial charge in [-0.1, -0.05) is 20.8 Å². The third-order valence-electron chi connectivity index (χ3n) is 1.17. The zero-order chi connectivity index (χ0) is 7.98. The van der Waals surface area contributed by atoms with E-state index in [0.29, 0.717) is 0 Å². The number of nitrogens with zero attached hydrogens (tertiary/aromatic N) is 2. The van der Waals surface area contributed by atoms with Crippen molar-refractivity contribution in [2.75, 3.05) is 0 Å². The lowest BCUT2D eigenvalue weighted by molar-refractivity contribution is 0.767. The molecule has 1 aromatic heterocycles. The van der Waals surface area contributed by atoms with Crippen molar-refractivity contribution in [3.05, 3.63) is 18.0 Å². The van der Waals surface area contributed by atoms with Crippen LogP contribution in [0.4, 0.5) is 0 Å². The van der Waals surface area contributed by atoms with E-state index in [0.717, 1.165) is 6.42 Å². The maximum atomic E-state index is 4.00. The number of rotatable bonds is 1. The third kappa shape index (κ3) is 2.67. The average Bonchev–Trinajstić information content (AvgIpc) is 2.40. The smallest absolute Gasteiger partial charge is 0.0521 e. The maximum absolute atomic E-state index is 4.00. The van der Waals surface area contributed by atoms with E-state index >= 15 is 0 Å². The summed E-state index contributed by atoms with van der Waals surface area (Å²) in [5.41, 5.74) is 1.30. The van der Waals surface area contributed by atoms with E-state index in [9.17, 15) is 0 Å². The Morgan fingerprint density at radius 1 is 1.50 bits per heavy atom. The van der Waals surface area contributed by atoms with Crippen LogP contribution in [-0.2, 0) is 13.5 Å². The quantitative estimate of drug-likeness (QED) is 0.583. The Kier molecular flexibility index (Phi) is 4.63. The Labute approximate surface area is 62.9 Å². The van der Waals surface area contributed by atoms with Gasteiger partial charge in [-0.25, -0.2) is 0 Å². The molecule has 0 amide bonds. The lowest BCUT2D eigenvalue weighted by atomic mass is 10.3. The first-order valence-corrected chi connectivity index (χ1v) is 3.80. The first-order valence-electron chi connectivity index (χ1n) is 3.80. The summed E-state index contributed by atoms with van der Waals surface area (Å²) in [4.78, 5) is 0. The minimum atomic E-state index is 1.08. The minimum absolute atomic E-state index is 1.08. The van der Waals surface area contributed by atoms with Crippen LogP contribution in [0, 0.1) is 0 Å². The molecule has 0 aliphatic rings. The molecule has 0 aliphatic heterocycles. The van der Waals surface area contributed by atoms with Crippen molar-refractivity contribution < 1.29 is 0 Å². The van der Waals surface area contributed by atoms with Crippen LogP contribution in [0.5, 0.6) is 0 Å². The Hall–Kier alpha value is -0.790. The van der Waals surface area contributed by atoms with Gasteiger partial charge in [0, 0.05) is 13.2 Å². The number of hydrogen-bond acceptors (Lipinski definition) is 1. The summed E-state index contributed by atoms with van der Waals surface area (Å²) < 4.78 is 1.82. The zero-order valence-electron chi connectivity index (χ0n) is 7.26. The largest absolute Gasteiger partial charge is 0.276 e. The molecular formula is C8H16N2. The molecule has 1 heterocycles. The fourth-order valence-electron chi connectivity index (χ4n) is 0.654. The zero-order valence-corrected chi connectivity index (χ0v) is 7.26. The van der Waals surface area contributed by atoms with Crippen molar-refractivity contribution >= 4 is 0 Å². The second kappa shape index (κ2) is 5.03. The van der Waals surface area contributed by atoms with Gasteiger partial charge in [-0.15, -0.1) is 0 Å². The summed E-state index contributed by atoms with van der Waals surface area (Å²) in [6.07, 6.45) is 4.99. The summed E-state index contributed by atoms with van der Waals surface area (Å²) in [6, 6.07) is 0. The first kappa shape index (κ1) is 9.21. The van der Waals surface area contributed by atoms with Gasteiger partial charge in [0.15, 0.2) is 0 Å². The lowest BCUT2D eigenvalue weighted by Gasteiger charge is -1.81. The molecular weight excluding hydrogens is 124 g/mol. The highest BCUT2D eigenvalue weighted by molar-refractivity contribution is 5.02. The second-order valence-electron chi connectivity index (χ2n) is 1.88. The fraction of sp³-hybridized carbons (Fsp3) is 0.625. The summed E-state index contributed by atoms with van der Waals surface area (Å²) in [6.45, 7) is 6.12. The van der Waals surface area contributed by atoms with Gasteiger partial charge in [-0.05, 0) is 12.0 Å². The molecule has 58 valence electrons. The van der Waals surface area contributed by atoms with Crippen molar-refractivity contribution in [2.24, 2.45) is 7.05 Å². The standard InChI is InChI=1S/C6H10N2.C2H6/c1-3-6-4-7-8(2)5-6;1-2/h4-5H,3H2,1-2H3;1-2H3. The van der Waals surface area contributed by atoms with Crippen LogP contribution in [0.3, 0.4) is 0 Å². The Bertz CT molecular complexity index is 168. The van der Waals surface area contributed by atoms with Crippen LogP contribution in [0.25, 0.3) is 0 Å². The van der Waals surface area contributed by atoms with Gasteiger partial charge < -0.3 is 0 Å². The van der Waals surface area contributed by atoms with E-state index in [1.54, 1.807) is 0 Å². The molecule has 0 spiro atoms. The number of hydrogen-bond donors (Lipinski definition) is 0. The highest BCUT2D eigenvalue weighted by Crippen LogP contribution is 1.94. The van der Waals surface area contributed by atoms with E-state index < -0.39 is 0 Å². The van der Waals surface area contributed by atoms with E-state index in [2.05, 4.69) is 12.0 Å². The molecule has 0 aromatic carbocycles. The van der Waals surface area contributed by atoms with E-state index in [1.807, 2.05) is 38.0 Å². The van der Waals surface area contributed by atoms with Crippen molar-refractivity contribution in [3.63, 3.8) is 0 Å². The predicted molar refractivity (Wildman–Crippen MR) is 43.9 cm³/mol. The van der Waals surface area contributed by atoms with Gasteiger partial charge in [0.2, 0.25) is 0 Å². The average molecular weight is 140 g/mol. The molecule has 0 radical (unpaired) electrons. The van der Waals surface area contributed by atoms with Gasteiger partial charge in [0.1, 0.15) is 0 Å². The highest BCUT2D eigenvalue weighted by atomic mass is 15.2. The van der Waals surface area contributed by atoms with E-state index in [4.69, 9.17) is 0 Å². The number of aryl methyl sites for hydroxylation is 2. The molecule has 0 saturated carbocycles. The van der Waals surface area contributed by atoms with Gasteiger partial charge >= 0.3 is 0 Å². The summed E-state index contributed by atoms with van der Waals surface area (Å²) >= 11 is 0. The molecule has 1 rings (SSSR count). The molecule has 0 bridgehead atoms. The molecule has 2 heteroatoms. The predicted octanol–water partition coefficient (Wildman–Crippen LogP) is 2.01. The molecule has 1 aromatic rings. The molecule has 0 atom stereocenters. The van der Waals surface area contributed by atoms with Crippen molar-refractivity contribution in [2.45, 2.75) is 27.2 Å². The third-order valence-corrected chi connectivity index (χ3v) is 1.17. The maximum Gasteiger partial charge on any atom is 0.0521 e. The van der Waals surface area contributed by atoms with Crippen LogP contribution < -0.4 is 0 Å². The fourth-order valence-corrected chi connectivity index (χ4v) is 0.654. The van der Waals surface area contributed by atoms with Crippen LogP contribution in [0.1, 0.15) is 26.3 Å². The second-order valence-corrected chi connectivity index (χ2v) is 1.88. The molecule has 0 unspecified atom stereocenters. The molecule has 0 saturated heterocycles. The summed E-state index contributed by atoms with van der Waals surface area (Å²) in [7, 11) is 1.93. The topological polar surface area (TPSA) is 17.8 Å². The molecule has 0 fully saturated rings. The van der Waals surface area contributed by atoms with Crippen molar-refractivity contribution in [3.8, 4) is 0 Å². The SMILES string of the molecule is CC.CCc1cnn(C)c1. The van der Waals surface area contributed by atoms with Gasteiger partial charge in [-0.2, -0.15) is 5.10 Å². The van der Waals surface area contributed by atoms with Crippen molar-refractivity contribution in [1.82, 2.24) is 9.78 Å². The summed E-state index contributed by atoms with van der Waals surface area (Å²) in [5, 5.41) is 4.00. The van der Waals surface area contributed by atoms with Crippen LogP contribution in [-0.4, -0.2) is 9.78 Å². The first-order chi connectivity index (χ1) is 4.83.